The number of carbonyl (C=O) groups is 1. The Kier molecular flexibility index (Phi) is 3.70. The van der Waals surface area contributed by atoms with Crippen molar-refractivity contribution in [1.82, 2.24) is 15.1 Å². The Hall–Kier alpha value is -1.85. The van der Waals surface area contributed by atoms with Gasteiger partial charge in [-0.05, 0) is 52.7 Å². The molecule has 2 saturated heterocycles. The molecule has 22 heavy (non-hydrogen) atoms. The van der Waals surface area contributed by atoms with E-state index in [9.17, 15) is 4.79 Å². The highest BCUT2D eigenvalue weighted by Gasteiger charge is 2.43. The van der Waals surface area contributed by atoms with Crippen LogP contribution in [0, 0.1) is 6.92 Å². The first-order valence-corrected chi connectivity index (χ1v) is 7.90. The van der Waals surface area contributed by atoms with Crippen molar-refractivity contribution in [1.29, 1.82) is 0 Å². The molecule has 2 aliphatic heterocycles. The Morgan fingerprint density at radius 3 is 2.32 bits per heavy atom. The summed E-state index contributed by atoms with van der Waals surface area (Å²) in [6, 6.07) is 4.63. The molecule has 0 N–H and O–H groups in total. The van der Waals surface area contributed by atoms with Gasteiger partial charge in [0.05, 0.1) is 5.69 Å². The standard InChI is InChI=1S/C16H24N4O2/c1-11-5-8-14(18-17-11)20-12-6-7-13(20)10-19(9-12)15(21)22-16(2,3)4/h5,8,12-13H,6-7,9-10H2,1-4H3/t12-,13?/m0/s1. The molecule has 0 spiro atoms. The third kappa shape index (κ3) is 3.00. The van der Waals surface area contributed by atoms with Gasteiger partial charge < -0.3 is 14.5 Å². The van der Waals surface area contributed by atoms with E-state index >= 15 is 0 Å². The Morgan fingerprint density at radius 1 is 1.18 bits per heavy atom. The topological polar surface area (TPSA) is 58.6 Å². The number of aryl methyl sites for hydroxylation is 1. The summed E-state index contributed by atoms with van der Waals surface area (Å²) in [5.41, 5.74) is 0.471. The third-order valence-electron chi connectivity index (χ3n) is 4.18. The highest BCUT2D eigenvalue weighted by atomic mass is 16.6. The molecule has 3 rings (SSSR count). The first-order chi connectivity index (χ1) is 10.3. The van der Waals surface area contributed by atoms with Crippen molar-refractivity contribution in [3.05, 3.63) is 17.8 Å². The third-order valence-corrected chi connectivity index (χ3v) is 4.18. The Morgan fingerprint density at radius 2 is 1.82 bits per heavy atom. The van der Waals surface area contributed by atoms with E-state index in [4.69, 9.17) is 4.74 Å². The number of piperazine rings is 1. The second-order valence-corrected chi connectivity index (χ2v) is 7.21. The van der Waals surface area contributed by atoms with Gasteiger partial charge in [0.25, 0.3) is 0 Å². The van der Waals surface area contributed by atoms with Crippen LogP contribution in [0.25, 0.3) is 0 Å². The number of hydrogen-bond donors (Lipinski definition) is 0. The zero-order valence-electron chi connectivity index (χ0n) is 13.7. The molecule has 0 aromatic carbocycles. The number of nitrogens with zero attached hydrogens (tertiary/aromatic N) is 4. The van der Waals surface area contributed by atoms with Crippen LogP contribution < -0.4 is 4.90 Å². The quantitative estimate of drug-likeness (QED) is 0.797. The number of anilines is 1. The van der Waals surface area contributed by atoms with Crippen molar-refractivity contribution in [3.63, 3.8) is 0 Å². The van der Waals surface area contributed by atoms with E-state index in [1.807, 2.05) is 44.7 Å². The van der Waals surface area contributed by atoms with Crippen molar-refractivity contribution in [2.24, 2.45) is 0 Å². The minimum Gasteiger partial charge on any atom is -0.444 e. The first kappa shape index (κ1) is 15.1. The van der Waals surface area contributed by atoms with Crippen LogP contribution in [-0.4, -0.2) is 52.0 Å². The number of carbonyl (C=O) groups excluding carboxylic acids is 1. The Labute approximate surface area is 131 Å². The molecular formula is C16H24N4O2. The van der Waals surface area contributed by atoms with E-state index in [1.165, 1.54) is 0 Å². The number of amides is 1. The van der Waals surface area contributed by atoms with Gasteiger partial charge in [0, 0.05) is 25.2 Å². The maximum Gasteiger partial charge on any atom is 0.410 e. The fourth-order valence-corrected chi connectivity index (χ4v) is 3.28. The molecule has 3 heterocycles. The van der Waals surface area contributed by atoms with E-state index in [0.717, 1.165) is 24.4 Å². The van der Waals surface area contributed by atoms with E-state index in [0.29, 0.717) is 25.2 Å². The van der Waals surface area contributed by atoms with E-state index < -0.39 is 5.60 Å². The molecule has 0 aliphatic carbocycles. The number of rotatable bonds is 1. The van der Waals surface area contributed by atoms with Crippen molar-refractivity contribution >= 4 is 11.9 Å². The van der Waals surface area contributed by atoms with Gasteiger partial charge in [-0.2, -0.15) is 5.10 Å². The molecule has 2 bridgehead atoms. The number of ether oxygens (including phenoxy) is 1. The van der Waals surface area contributed by atoms with Crippen molar-refractivity contribution < 1.29 is 9.53 Å². The molecule has 6 nitrogen and oxygen atoms in total. The maximum absolute atomic E-state index is 12.3. The SMILES string of the molecule is Cc1ccc(N2C3CC[C@H]2CN(C(=O)OC(C)(C)C)C3)nn1. The van der Waals surface area contributed by atoms with Crippen LogP contribution >= 0.6 is 0 Å². The van der Waals surface area contributed by atoms with Gasteiger partial charge in [-0.15, -0.1) is 5.10 Å². The normalized spacial score (nSPS) is 24.5. The van der Waals surface area contributed by atoms with Gasteiger partial charge in [-0.3, -0.25) is 0 Å². The fourth-order valence-electron chi connectivity index (χ4n) is 3.28. The lowest BCUT2D eigenvalue weighted by molar-refractivity contribution is 0.0209. The van der Waals surface area contributed by atoms with Gasteiger partial charge in [-0.1, -0.05) is 0 Å². The minimum absolute atomic E-state index is 0.209. The average Bonchev–Trinajstić information content (AvgIpc) is 2.68. The van der Waals surface area contributed by atoms with E-state index in [1.54, 1.807) is 0 Å². The monoisotopic (exact) mass is 304 g/mol. The van der Waals surface area contributed by atoms with Crippen LogP contribution in [0.4, 0.5) is 10.6 Å². The van der Waals surface area contributed by atoms with E-state index in [2.05, 4.69) is 15.1 Å². The maximum atomic E-state index is 12.3. The molecular weight excluding hydrogens is 280 g/mol. The molecule has 0 radical (unpaired) electrons. The zero-order valence-corrected chi connectivity index (χ0v) is 13.7. The molecule has 1 amide bonds. The van der Waals surface area contributed by atoms with Gasteiger partial charge in [-0.25, -0.2) is 4.79 Å². The van der Waals surface area contributed by atoms with Crippen LogP contribution in [0.2, 0.25) is 0 Å². The van der Waals surface area contributed by atoms with Gasteiger partial charge in [0.1, 0.15) is 5.60 Å². The van der Waals surface area contributed by atoms with Crippen LogP contribution in [0.3, 0.4) is 0 Å². The van der Waals surface area contributed by atoms with Crippen LogP contribution in [0.5, 0.6) is 0 Å². The van der Waals surface area contributed by atoms with Gasteiger partial charge in [0.2, 0.25) is 0 Å². The summed E-state index contributed by atoms with van der Waals surface area (Å²) in [6.07, 6.45) is 1.96. The van der Waals surface area contributed by atoms with Crippen molar-refractivity contribution in [2.75, 3.05) is 18.0 Å². The van der Waals surface area contributed by atoms with Crippen molar-refractivity contribution in [2.45, 2.75) is 58.2 Å². The van der Waals surface area contributed by atoms with Crippen LogP contribution in [-0.2, 0) is 4.74 Å². The number of hydrogen-bond acceptors (Lipinski definition) is 5. The molecule has 1 unspecified atom stereocenters. The highest BCUT2D eigenvalue weighted by molar-refractivity contribution is 5.69. The van der Waals surface area contributed by atoms with Gasteiger partial charge in [0.15, 0.2) is 5.82 Å². The molecule has 1 aromatic heterocycles. The fraction of sp³-hybridized carbons (Fsp3) is 0.688. The first-order valence-electron chi connectivity index (χ1n) is 7.90. The molecule has 2 fully saturated rings. The molecule has 2 aliphatic rings. The van der Waals surface area contributed by atoms with Gasteiger partial charge >= 0.3 is 6.09 Å². The second kappa shape index (κ2) is 5.41. The molecule has 0 saturated carbocycles. The lowest BCUT2D eigenvalue weighted by Gasteiger charge is -2.41. The number of aromatic nitrogens is 2. The van der Waals surface area contributed by atoms with Crippen molar-refractivity contribution in [3.8, 4) is 0 Å². The Bertz CT molecular complexity index is 538. The largest absolute Gasteiger partial charge is 0.444 e. The summed E-state index contributed by atoms with van der Waals surface area (Å²) in [7, 11) is 0. The number of likely N-dealkylation sites (tertiary alicyclic amines) is 1. The average molecular weight is 304 g/mol. The lowest BCUT2D eigenvalue weighted by atomic mass is 10.2. The smallest absolute Gasteiger partial charge is 0.410 e. The minimum atomic E-state index is -0.449. The summed E-state index contributed by atoms with van der Waals surface area (Å²) < 4.78 is 5.50. The predicted octanol–water partition coefficient (Wildman–Crippen LogP) is 2.37. The second-order valence-electron chi connectivity index (χ2n) is 7.21. The lowest BCUT2D eigenvalue weighted by Crippen LogP contribution is -2.56. The molecule has 6 heteroatoms. The van der Waals surface area contributed by atoms with Crippen LogP contribution in [0.15, 0.2) is 12.1 Å². The number of fused-ring (bicyclic) bond motifs is 2. The summed E-state index contributed by atoms with van der Waals surface area (Å²) in [6.45, 7) is 9.03. The molecule has 120 valence electrons. The summed E-state index contributed by atoms with van der Waals surface area (Å²) >= 11 is 0. The summed E-state index contributed by atoms with van der Waals surface area (Å²) in [5, 5.41) is 8.47. The Balaban J connectivity index is 1.71. The molecule has 1 aromatic rings. The van der Waals surface area contributed by atoms with Crippen LogP contribution in [0.1, 0.15) is 39.3 Å². The zero-order chi connectivity index (χ0) is 15.9. The summed E-state index contributed by atoms with van der Waals surface area (Å²) in [4.78, 5) is 16.4. The highest BCUT2D eigenvalue weighted by Crippen LogP contribution is 2.34. The molecule has 2 atom stereocenters. The summed E-state index contributed by atoms with van der Waals surface area (Å²) in [5.74, 6) is 0.918. The van der Waals surface area contributed by atoms with E-state index in [-0.39, 0.29) is 6.09 Å². The predicted molar refractivity (Wildman–Crippen MR) is 83.9 cm³/mol.